The van der Waals surface area contributed by atoms with E-state index in [1.54, 1.807) is 6.07 Å². The lowest BCUT2D eigenvalue weighted by Gasteiger charge is -2.11. The van der Waals surface area contributed by atoms with Gasteiger partial charge < -0.3 is 4.74 Å². The molecule has 0 aliphatic rings. The lowest BCUT2D eigenvalue weighted by atomic mass is 10.1. The Balaban J connectivity index is 1.60. The average molecular weight is 475 g/mol. The number of carbonyl (C=O) groups excluding carboxylic acids is 1. The second kappa shape index (κ2) is 10.8. The van der Waals surface area contributed by atoms with Crippen LogP contribution in [-0.4, -0.2) is 37.8 Å². The van der Waals surface area contributed by atoms with Gasteiger partial charge in [0, 0.05) is 29.8 Å². The second-order valence-electron chi connectivity index (χ2n) is 7.34. The van der Waals surface area contributed by atoms with Gasteiger partial charge in [0.2, 0.25) is 0 Å². The van der Waals surface area contributed by atoms with Crippen molar-refractivity contribution in [1.82, 2.24) is 14.8 Å². The van der Waals surface area contributed by atoms with Gasteiger partial charge in [0.05, 0.1) is 17.3 Å². The summed E-state index contributed by atoms with van der Waals surface area (Å²) in [6, 6.07) is 23.3. The molecule has 0 amide bonds. The van der Waals surface area contributed by atoms with Crippen molar-refractivity contribution in [3.8, 4) is 11.4 Å². The summed E-state index contributed by atoms with van der Waals surface area (Å²) in [7, 11) is 0. The van der Waals surface area contributed by atoms with Gasteiger partial charge in [0.25, 0.3) is 5.69 Å². The van der Waals surface area contributed by atoms with E-state index >= 15 is 0 Å². The summed E-state index contributed by atoms with van der Waals surface area (Å²) < 4.78 is 7.48. The van der Waals surface area contributed by atoms with Crippen LogP contribution in [0.15, 0.2) is 84.0 Å². The topological polar surface area (TPSA) is 100 Å². The molecule has 0 unspecified atom stereocenters. The molecule has 0 fully saturated rings. The largest absolute Gasteiger partial charge is 0.494 e. The maximum atomic E-state index is 12.7. The molecule has 0 radical (unpaired) electrons. The highest BCUT2D eigenvalue weighted by Gasteiger charge is 2.18. The highest BCUT2D eigenvalue weighted by molar-refractivity contribution is 7.99. The first-order chi connectivity index (χ1) is 16.5. The first-order valence-corrected chi connectivity index (χ1v) is 11.7. The van der Waals surface area contributed by atoms with Crippen molar-refractivity contribution in [2.45, 2.75) is 18.5 Å². The Hall–Kier alpha value is -3.98. The molecule has 0 spiro atoms. The number of benzene rings is 3. The van der Waals surface area contributed by atoms with Crippen molar-refractivity contribution in [1.29, 1.82) is 0 Å². The van der Waals surface area contributed by atoms with Gasteiger partial charge in [-0.15, -0.1) is 10.2 Å². The summed E-state index contributed by atoms with van der Waals surface area (Å²) in [5.41, 5.74) is 2.12. The Kier molecular flexibility index (Phi) is 7.34. The maximum absolute atomic E-state index is 12.7. The third-order valence-electron chi connectivity index (χ3n) is 5.02. The van der Waals surface area contributed by atoms with Gasteiger partial charge in [-0.2, -0.15) is 0 Å². The fourth-order valence-corrected chi connectivity index (χ4v) is 4.28. The van der Waals surface area contributed by atoms with E-state index < -0.39 is 4.92 Å². The molecule has 0 aliphatic heterocycles. The normalized spacial score (nSPS) is 10.7. The minimum atomic E-state index is -0.512. The van der Waals surface area contributed by atoms with Crippen molar-refractivity contribution < 1.29 is 14.5 Å². The van der Waals surface area contributed by atoms with Gasteiger partial charge >= 0.3 is 0 Å². The number of ketones is 1. The van der Waals surface area contributed by atoms with Crippen LogP contribution in [0.5, 0.6) is 5.75 Å². The van der Waals surface area contributed by atoms with Crippen LogP contribution in [0.2, 0.25) is 0 Å². The number of aromatic nitrogens is 3. The van der Waals surface area contributed by atoms with Gasteiger partial charge in [0.1, 0.15) is 11.6 Å². The van der Waals surface area contributed by atoms with Gasteiger partial charge in [0.15, 0.2) is 10.9 Å². The summed E-state index contributed by atoms with van der Waals surface area (Å²) in [5.74, 6) is 1.35. The number of nitro benzene ring substituents is 1. The molecular weight excluding hydrogens is 452 g/mol. The molecule has 4 rings (SSSR count). The van der Waals surface area contributed by atoms with Crippen LogP contribution in [0.3, 0.4) is 0 Å². The number of hydrogen-bond donors (Lipinski definition) is 0. The summed E-state index contributed by atoms with van der Waals surface area (Å²) >= 11 is 1.24. The Morgan fingerprint density at radius 1 is 1.03 bits per heavy atom. The number of rotatable bonds is 10. The number of non-ortho nitro benzene ring substituents is 1. The summed E-state index contributed by atoms with van der Waals surface area (Å²) in [5, 5.41) is 20.3. The number of ether oxygens (including phenoxy) is 1. The zero-order valence-corrected chi connectivity index (χ0v) is 19.3. The molecule has 172 valence electrons. The molecule has 4 aromatic rings. The van der Waals surface area contributed by atoms with E-state index in [1.807, 2.05) is 66.1 Å². The lowest BCUT2D eigenvalue weighted by molar-refractivity contribution is -0.384. The molecule has 1 heterocycles. The molecule has 0 aliphatic carbocycles. The molecule has 0 N–H and O–H groups in total. The van der Waals surface area contributed by atoms with Gasteiger partial charge in [-0.3, -0.25) is 19.5 Å². The van der Waals surface area contributed by atoms with E-state index in [4.69, 9.17) is 4.74 Å². The summed E-state index contributed by atoms with van der Waals surface area (Å²) in [6.45, 7) is 2.50. The number of nitrogens with zero attached hydrogens (tertiary/aromatic N) is 4. The summed E-state index contributed by atoms with van der Waals surface area (Å²) in [4.78, 5) is 23.3. The monoisotopic (exact) mass is 474 g/mol. The molecule has 0 saturated carbocycles. The van der Waals surface area contributed by atoms with Crippen LogP contribution < -0.4 is 4.74 Å². The van der Waals surface area contributed by atoms with Crippen LogP contribution in [-0.2, 0) is 6.42 Å². The second-order valence-corrected chi connectivity index (χ2v) is 8.29. The Morgan fingerprint density at radius 2 is 1.79 bits per heavy atom. The van der Waals surface area contributed by atoms with E-state index in [9.17, 15) is 14.9 Å². The average Bonchev–Trinajstić information content (AvgIpc) is 3.26. The van der Waals surface area contributed by atoms with Crippen LogP contribution >= 0.6 is 11.8 Å². The zero-order valence-electron chi connectivity index (χ0n) is 18.5. The van der Waals surface area contributed by atoms with Crippen molar-refractivity contribution in [2.75, 3.05) is 12.4 Å². The lowest BCUT2D eigenvalue weighted by Crippen LogP contribution is -2.07. The van der Waals surface area contributed by atoms with Crippen molar-refractivity contribution in [3.05, 3.63) is 106 Å². The van der Waals surface area contributed by atoms with Gasteiger partial charge in [-0.25, -0.2) is 0 Å². The number of thioether (sulfide) groups is 1. The molecule has 0 saturated heterocycles. The van der Waals surface area contributed by atoms with E-state index in [1.165, 1.54) is 30.0 Å². The molecular formula is C25H22N4O4S. The first kappa shape index (κ1) is 23.2. The van der Waals surface area contributed by atoms with Crippen molar-refractivity contribution >= 4 is 23.2 Å². The molecule has 1 aromatic heterocycles. The van der Waals surface area contributed by atoms with Crippen LogP contribution in [0.1, 0.15) is 28.7 Å². The first-order valence-electron chi connectivity index (χ1n) is 10.7. The Labute approximate surface area is 200 Å². The smallest absolute Gasteiger partial charge is 0.270 e. The van der Waals surface area contributed by atoms with Crippen molar-refractivity contribution in [3.63, 3.8) is 0 Å². The van der Waals surface area contributed by atoms with Crippen LogP contribution in [0.25, 0.3) is 5.69 Å². The number of hydrogen-bond acceptors (Lipinski definition) is 7. The minimum absolute atomic E-state index is 0.0711. The third-order valence-corrected chi connectivity index (χ3v) is 5.95. The maximum Gasteiger partial charge on any atom is 0.270 e. The molecule has 0 bridgehead atoms. The Bertz CT molecular complexity index is 1290. The van der Waals surface area contributed by atoms with Gasteiger partial charge in [-0.05, 0) is 36.8 Å². The molecule has 9 heteroatoms. The number of Topliss-reactive ketones (excluding diaryl/α,β-unsaturated/α-hetero) is 1. The fraction of sp³-hybridized carbons (Fsp3) is 0.160. The SMILES string of the molecule is CCOc1ccc(-n2c(Cc3ccccc3)nnc2SCC(=O)c2cccc([N+](=O)[O-])c2)cc1. The highest BCUT2D eigenvalue weighted by Crippen LogP contribution is 2.26. The Morgan fingerprint density at radius 3 is 2.50 bits per heavy atom. The predicted octanol–water partition coefficient (Wildman–Crippen LogP) is 5.14. The standard InChI is InChI=1S/C25H22N4O4S/c1-2-33-22-13-11-20(12-14-22)28-24(15-18-7-4-3-5-8-18)26-27-25(28)34-17-23(30)19-9-6-10-21(16-19)29(31)32/h3-14,16H,2,15,17H2,1H3. The quantitative estimate of drug-likeness (QED) is 0.136. The van der Waals surface area contributed by atoms with E-state index in [0.29, 0.717) is 23.7 Å². The molecule has 34 heavy (non-hydrogen) atoms. The summed E-state index contributed by atoms with van der Waals surface area (Å²) in [6.07, 6.45) is 0.570. The van der Waals surface area contributed by atoms with Gasteiger partial charge in [-0.1, -0.05) is 54.2 Å². The van der Waals surface area contributed by atoms with E-state index in [2.05, 4.69) is 10.2 Å². The fourth-order valence-electron chi connectivity index (χ4n) is 3.41. The molecule has 0 atom stereocenters. The molecule has 8 nitrogen and oxygen atoms in total. The van der Waals surface area contributed by atoms with E-state index in [-0.39, 0.29) is 17.2 Å². The predicted molar refractivity (Wildman–Crippen MR) is 130 cm³/mol. The highest BCUT2D eigenvalue weighted by atomic mass is 32.2. The molecule has 3 aromatic carbocycles. The van der Waals surface area contributed by atoms with Crippen LogP contribution in [0.4, 0.5) is 5.69 Å². The third kappa shape index (κ3) is 5.49. The zero-order chi connectivity index (χ0) is 23.9. The van der Waals surface area contributed by atoms with Crippen molar-refractivity contribution in [2.24, 2.45) is 0 Å². The van der Waals surface area contributed by atoms with Crippen LogP contribution in [0, 0.1) is 10.1 Å². The minimum Gasteiger partial charge on any atom is -0.494 e. The number of nitro groups is 1. The van der Waals surface area contributed by atoms with E-state index in [0.717, 1.165) is 22.8 Å². The number of carbonyl (C=O) groups is 1.